The lowest BCUT2D eigenvalue weighted by atomic mass is 10.1. The molecule has 7 heteroatoms. The first kappa shape index (κ1) is 22.9. The molecule has 2 rings (SSSR count). The van der Waals surface area contributed by atoms with Gasteiger partial charge in [0, 0.05) is 19.2 Å². The Kier molecular flexibility index (Phi) is 8.67. The van der Waals surface area contributed by atoms with E-state index in [1.807, 2.05) is 38.1 Å². The Balaban J connectivity index is 1.71. The Bertz CT molecular complexity index is 892. The highest BCUT2D eigenvalue weighted by Gasteiger charge is 2.08. The summed E-state index contributed by atoms with van der Waals surface area (Å²) >= 11 is 0. The summed E-state index contributed by atoms with van der Waals surface area (Å²) in [6, 6.07) is 14.2. The lowest BCUT2D eigenvalue weighted by molar-refractivity contribution is -0.121. The van der Waals surface area contributed by atoms with Crippen LogP contribution in [0.1, 0.15) is 37.8 Å². The average molecular weight is 420 g/mol. The molecular formula is C22H29NO5S. The zero-order valence-electron chi connectivity index (χ0n) is 17.2. The van der Waals surface area contributed by atoms with E-state index >= 15 is 0 Å². The van der Waals surface area contributed by atoms with Crippen molar-refractivity contribution in [3.8, 4) is 5.75 Å². The van der Waals surface area contributed by atoms with Crippen molar-refractivity contribution < 1.29 is 22.7 Å². The highest BCUT2D eigenvalue weighted by Crippen LogP contribution is 2.16. The monoisotopic (exact) mass is 419 g/mol. The van der Waals surface area contributed by atoms with Crippen LogP contribution in [0.25, 0.3) is 0 Å². The Morgan fingerprint density at radius 3 is 2.31 bits per heavy atom. The molecule has 29 heavy (non-hydrogen) atoms. The highest BCUT2D eigenvalue weighted by atomic mass is 32.2. The molecule has 0 saturated heterocycles. The van der Waals surface area contributed by atoms with Crippen LogP contribution < -0.4 is 10.1 Å². The molecule has 158 valence electrons. The first-order valence-corrected chi connectivity index (χ1v) is 11.5. The smallest absolute Gasteiger partial charge is 0.220 e. The molecule has 2 aromatic rings. The van der Waals surface area contributed by atoms with Crippen LogP contribution in [0.4, 0.5) is 0 Å². The molecule has 1 amide bonds. The molecule has 0 spiro atoms. The minimum atomic E-state index is -3.21. The molecule has 0 radical (unpaired) electrons. The SMILES string of the molecule is CC(C)OCc1ccccc1CNC(=O)CCCOc1ccc(S(C)(=O)=O)cc1. The number of hydrogen-bond acceptors (Lipinski definition) is 5. The van der Waals surface area contributed by atoms with Crippen LogP contribution in [0.5, 0.6) is 5.75 Å². The van der Waals surface area contributed by atoms with Crippen molar-refractivity contribution in [2.75, 3.05) is 12.9 Å². The fourth-order valence-electron chi connectivity index (χ4n) is 2.62. The van der Waals surface area contributed by atoms with Gasteiger partial charge in [0.05, 0.1) is 24.2 Å². The summed E-state index contributed by atoms with van der Waals surface area (Å²) in [5, 5.41) is 2.93. The topological polar surface area (TPSA) is 81.7 Å². The van der Waals surface area contributed by atoms with Gasteiger partial charge in [-0.25, -0.2) is 8.42 Å². The fraction of sp³-hybridized carbons (Fsp3) is 0.409. The van der Waals surface area contributed by atoms with Crippen LogP contribution in [0, 0.1) is 0 Å². The van der Waals surface area contributed by atoms with Crippen molar-refractivity contribution in [3.63, 3.8) is 0 Å². The molecule has 6 nitrogen and oxygen atoms in total. The maximum absolute atomic E-state index is 12.1. The maximum Gasteiger partial charge on any atom is 0.220 e. The van der Waals surface area contributed by atoms with Crippen molar-refractivity contribution in [1.82, 2.24) is 5.32 Å². The quantitative estimate of drug-likeness (QED) is 0.564. The van der Waals surface area contributed by atoms with Gasteiger partial charge in [-0.05, 0) is 55.7 Å². The van der Waals surface area contributed by atoms with E-state index in [0.717, 1.165) is 17.4 Å². The maximum atomic E-state index is 12.1. The van der Waals surface area contributed by atoms with Crippen molar-refractivity contribution in [2.24, 2.45) is 0 Å². The Morgan fingerprint density at radius 1 is 1.03 bits per heavy atom. The Labute approximate surface area is 173 Å². The molecule has 0 aliphatic heterocycles. The van der Waals surface area contributed by atoms with Gasteiger partial charge in [0.25, 0.3) is 0 Å². The predicted molar refractivity (Wildman–Crippen MR) is 112 cm³/mol. The molecule has 0 saturated carbocycles. The summed E-state index contributed by atoms with van der Waals surface area (Å²) in [4.78, 5) is 12.3. The van der Waals surface area contributed by atoms with Crippen LogP contribution in [0.15, 0.2) is 53.4 Å². The molecule has 0 unspecified atom stereocenters. The second-order valence-electron chi connectivity index (χ2n) is 7.10. The summed E-state index contributed by atoms with van der Waals surface area (Å²) in [6.07, 6.45) is 2.24. The zero-order chi connectivity index (χ0) is 21.3. The minimum Gasteiger partial charge on any atom is -0.494 e. The van der Waals surface area contributed by atoms with E-state index in [2.05, 4.69) is 5.32 Å². The van der Waals surface area contributed by atoms with Crippen molar-refractivity contribution >= 4 is 15.7 Å². The third kappa shape index (κ3) is 8.25. The summed E-state index contributed by atoms with van der Waals surface area (Å²) in [5.74, 6) is 0.539. The molecule has 0 heterocycles. The molecule has 0 aliphatic carbocycles. The first-order valence-electron chi connectivity index (χ1n) is 9.63. The second-order valence-corrected chi connectivity index (χ2v) is 9.12. The Hall–Kier alpha value is -2.38. The lowest BCUT2D eigenvalue weighted by Crippen LogP contribution is -2.23. The van der Waals surface area contributed by atoms with Crippen molar-refractivity contribution in [2.45, 2.75) is 50.8 Å². The molecule has 0 bridgehead atoms. The summed E-state index contributed by atoms with van der Waals surface area (Å²) in [6.45, 7) is 5.35. The minimum absolute atomic E-state index is 0.0411. The molecule has 0 fully saturated rings. The fourth-order valence-corrected chi connectivity index (χ4v) is 3.25. The lowest BCUT2D eigenvalue weighted by Gasteiger charge is -2.13. The van der Waals surface area contributed by atoms with Gasteiger partial charge in [-0.2, -0.15) is 0 Å². The molecule has 1 N–H and O–H groups in total. The van der Waals surface area contributed by atoms with Gasteiger partial charge in [0.2, 0.25) is 5.91 Å². The van der Waals surface area contributed by atoms with E-state index in [0.29, 0.717) is 38.3 Å². The van der Waals surface area contributed by atoms with Crippen LogP contribution in [-0.4, -0.2) is 33.3 Å². The number of sulfone groups is 1. The molecule has 2 aromatic carbocycles. The summed E-state index contributed by atoms with van der Waals surface area (Å²) in [7, 11) is -3.21. The molecular weight excluding hydrogens is 390 g/mol. The van der Waals surface area contributed by atoms with E-state index in [1.165, 1.54) is 12.1 Å². The highest BCUT2D eigenvalue weighted by molar-refractivity contribution is 7.90. The number of carbonyl (C=O) groups is 1. The number of benzene rings is 2. The molecule has 0 aliphatic rings. The van der Waals surface area contributed by atoms with Crippen LogP contribution in [0.3, 0.4) is 0 Å². The van der Waals surface area contributed by atoms with E-state index in [9.17, 15) is 13.2 Å². The number of ether oxygens (including phenoxy) is 2. The third-order valence-corrected chi connectivity index (χ3v) is 5.36. The van der Waals surface area contributed by atoms with Gasteiger partial charge in [-0.15, -0.1) is 0 Å². The van der Waals surface area contributed by atoms with Crippen LogP contribution in [0.2, 0.25) is 0 Å². The number of amides is 1. The van der Waals surface area contributed by atoms with Crippen molar-refractivity contribution in [3.05, 3.63) is 59.7 Å². The van der Waals surface area contributed by atoms with Crippen molar-refractivity contribution in [1.29, 1.82) is 0 Å². The summed E-state index contributed by atoms with van der Waals surface area (Å²) < 4.78 is 34.1. The molecule has 0 atom stereocenters. The van der Waals surface area contributed by atoms with Gasteiger partial charge in [-0.1, -0.05) is 24.3 Å². The van der Waals surface area contributed by atoms with Crippen LogP contribution in [-0.2, 0) is 32.5 Å². The van der Waals surface area contributed by atoms with Gasteiger partial charge < -0.3 is 14.8 Å². The average Bonchev–Trinajstić information content (AvgIpc) is 2.68. The number of nitrogens with one attached hydrogen (secondary N) is 1. The number of rotatable bonds is 11. The van der Waals surface area contributed by atoms with E-state index < -0.39 is 9.84 Å². The van der Waals surface area contributed by atoms with Crippen LogP contribution >= 0.6 is 0 Å². The number of carbonyl (C=O) groups excluding carboxylic acids is 1. The molecule has 0 aromatic heterocycles. The van der Waals surface area contributed by atoms with E-state index in [-0.39, 0.29) is 16.9 Å². The van der Waals surface area contributed by atoms with E-state index in [1.54, 1.807) is 12.1 Å². The number of hydrogen-bond donors (Lipinski definition) is 1. The Morgan fingerprint density at radius 2 is 1.69 bits per heavy atom. The largest absolute Gasteiger partial charge is 0.494 e. The van der Waals surface area contributed by atoms with Gasteiger partial charge in [0.15, 0.2) is 9.84 Å². The first-order chi connectivity index (χ1) is 13.8. The van der Waals surface area contributed by atoms with E-state index in [4.69, 9.17) is 9.47 Å². The van der Waals surface area contributed by atoms with Gasteiger partial charge in [0.1, 0.15) is 5.75 Å². The third-order valence-electron chi connectivity index (χ3n) is 4.24. The summed E-state index contributed by atoms with van der Waals surface area (Å²) in [5.41, 5.74) is 2.12. The zero-order valence-corrected chi connectivity index (χ0v) is 18.0. The normalized spacial score (nSPS) is 11.4. The van der Waals surface area contributed by atoms with Gasteiger partial charge >= 0.3 is 0 Å². The van der Waals surface area contributed by atoms with Gasteiger partial charge in [-0.3, -0.25) is 4.79 Å². The predicted octanol–water partition coefficient (Wildman–Crippen LogP) is 3.49. The second kappa shape index (κ2) is 11.0. The standard InChI is InChI=1S/C22H29NO5S/c1-17(2)28-16-19-8-5-4-7-18(19)15-23-22(24)9-6-14-27-20-10-12-21(13-11-20)29(3,25)26/h4-5,7-8,10-13,17H,6,9,14-16H2,1-3H3,(H,23,24).